The Hall–Kier alpha value is -1.40. The van der Waals surface area contributed by atoms with E-state index in [1.807, 2.05) is 18.2 Å². The van der Waals surface area contributed by atoms with Crippen LogP contribution in [0.5, 0.6) is 0 Å². The molecule has 0 spiro atoms. The summed E-state index contributed by atoms with van der Waals surface area (Å²) >= 11 is 0. The maximum Gasteiger partial charge on any atom is 0.245 e. The molecule has 122 valence electrons. The van der Waals surface area contributed by atoms with Gasteiger partial charge in [0.2, 0.25) is 15.9 Å². The van der Waals surface area contributed by atoms with E-state index in [-0.39, 0.29) is 5.91 Å². The summed E-state index contributed by atoms with van der Waals surface area (Å²) < 4.78 is 25.1. The number of benzene rings is 1. The second-order valence-electron chi connectivity index (χ2n) is 6.12. The highest BCUT2D eigenvalue weighted by Gasteiger charge is 2.35. The molecule has 0 saturated carbocycles. The van der Waals surface area contributed by atoms with E-state index in [2.05, 4.69) is 6.92 Å². The summed E-state index contributed by atoms with van der Waals surface area (Å²) in [4.78, 5) is 14.8. The lowest BCUT2D eigenvalue weighted by Gasteiger charge is -2.36. The van der Waals surface area contributed by atoms with Crippen LogP contribution in [0.15, 0.2) is 30.3 Å². The predicted octanol–water partition coefficient (Wildman–Crippen LogP) is 1.88. The van der Waals surface area contributed by atoms with Crippen molar-refractivity contribution in [1.82, 2.24) is 9.21 Å². The second-order valence-corrected chi connectivity index (χ2v) is 8.17. The van der Waals surface area contributed by atoms with Gasteiger partial charge in [0, 0.05) is 20.1 Å². The number of sulfonamides is 1. The molecule has 1 aliphatic heterocycles. The summed E-state index contributed by atoms with van der Waals surface area (Å²) in [6.45, 7) is 3.51. The largest absolute Gasteiger partial charge is 0.341 e. The number of likely N-dealkylation sites (tertiary alicyclic amines) is 1. The lowest BCUT2D eigenvalue weighted by atomic mass is 9.98. The van der Waals surface area contributed by atoms with Crippen LogP contribution in [0, 0.1) is 5.92 Å². The molecule has 1 fully saturated rings. The number of nitrogens with zero attached hydrogens (tertiary/aromatic N) is 2. The van der Waals surface area contributed by atoms with Crippen molar-refractivity contribution in [3.05, 3.63) is 35.9 Å². The average molecular weight is 324 g/mol. The summed E-state index contributed by atoms with van der Waals surface area (Å²) in [5, 5.41) is 0. The van der Waals surface area contributed by atoms with E-state index in [1.165, 1.54) is 11.4 Å². The Balaban J connectivity index is 2.34. The fourth-order valence-electron chi connectivity index (χ4n) is 2.90. The van der Waals surface area contributed by atoms with Gasteiger partial charge in [-0.15, -0.1) is 0 Å². The average Bonchev–Trinajstić information content (AvgIpc) is 2.47. The van der Waals surface area contributed by atoms with Crippen molar-refractivity contribution in [3.8, 4) is 0 Å². The molecule has 6 heteroatoms. The predicted molar refractivity (Wildman–Crippen MR) is 86.8 cm³/mol. The first-order valence-electron chi connectivity index (χ1n) is 7.57. The first kappa shape index (κ1) is 17.0. The summed E-state index contributed by atoms with van der Waals surface area (Å²) in [6.07, 6.45) is 3.22. The molecule has 1 saturated heterocycles. The monoisotopic (exact) mass is 324 g/mol. The van der Waals surface area contributed by atoms with E-state index in [4.69, 9.17) is 0 Å². The van der Waals surface area contributed by atoms with Crippen LogP contribution in [-0.2, 0) is 14.8 Å². The summed E-state index contributed by atoms with van der Waals surface area (Å²) in [7, 11) is -1.99. The van der Waals surface area contributed by atoms with Gasteiger partial charge in [0.1, 0.15) is 6.04 Å². The van der Waals surface area contributed by atoms with Gasteiger partial charge >= 0.3 is 0 Å². The van der Waals surface area contributed by atoms with Gasteiger partial charge in [0.05, 0.1) is 6.26 Å². The normalized spacial score (nSPS) is 20.9. The van der Waals surface area contributed by atoms with Crippen LogP contribution in [-0.4, -0.2) is 49.9 Å². The minimum Gasteiger partial charge on any atom is -0.341 e. The van der Waals surface area contributed by atoms with Crippen LogP contribution in [0.2, 0.25) is 0 Å². The molecule has 22 heavy (non-hydrogen) atoms. The minimum atomic E-state index is -3.46. The molecule has 0 bridgehead atoms. The molecule has 5 nitrogen and oxygen atoms in total. The van der Waals surface area contributed by atoms with Gasteiger partial charge in [-0.1, -0.05) is 37.3 Å². The van der Waals surface area contributed by atoms with Gasteiger partial charge < -0.3 is 4.90 Å². The van der Waals surface area contributed by atoms with Crippen molar-refractivity contribution >= 4 is 15.9 Å². The summed E-state index contributed by atoms with van der Waals surface area (Å²) in [5.74, 6) is 0.323. The number of piperidine rings is 1. The lowest BCUT2D eigenvalue weighted by molar-refractivity contribution is -0.137. The van der Waals surface area contributed by atoms with Crippen molar-refractivity contribution in [2.75, 3.05) is 26.4 Å². The van der Waals surface area contributed by atoms with E-state index >= 15 is 0 Å². The van der Waals surface area contributed by atoms with Crippen LogP contribution in [0.4, 0.5) is 0 Å². The van der Waals surface area contributed by atoms with Crippen molar-refractivity contribution < 1.29 is 13.2 Å². The zero-order valence-corrected chi connectivity index (χ0v) is 14.2. The molecule has 1 aliphatic rings. The lowest BCUT2D eigenvalue weighted by Crippen LogP contribution is -2.46. The zero-order valence-electron chi connectivity index (χ0n) is 13.4. The maximum atomic E-state index is 13.0. The van der Waals surface area contributed by atoms with Gasteiger partial charge in [-0.2, -0.15) is 4.31 Å². The van der Waals surface area contributed by atoms with Crippen molar-refractivity contribution in [2.24, 2.45) is 5.92 Å². The molecule has 0 radical (unpaired) electrons. The quantitative estimate of drug-likeness (QED) is 0.850. The Morgan fingerprint density at radius 2 is 1.95 bits per heavy atom. The Kier molecular flexibility index (Phi) is 5.24. The molecule has 1 heterocycles. The highest BCUT2D eigenvalue weighted by Crippen LogP contribution is 2.26. The molecule has 0 N–H and O–H groups in total. The van der Waals surface area contributed by atoms with E-state index in [1.54, 1.807) is 17.0 Å². The second kappa shape index (κ2) is 6.79. The Bertz CT molecular complexity index is 616. The molecule has 1 aromatic carbocycles. The first-order valence-corrected chi connectivity index (χ1v) is 9.42. The minimum absolute atomic E-state index is 0.134. The first-order chi connectivity index (χ1) is 10.3. The molecule has 2 rings (SSSR count). The maximum absolute atomic E-state index is 13.0. The Morgan fingerprint density at radius 3 is 2.50 bits per heavy atom. The molecule has 2 atom stereocenters. The van der Waals surface area contributed by atoms with E-state index in [0.29, 0.717) is 24.6 Å². The fourth-order valence-corrected chi connectivity index (χ4v) is 3.49. The SMILES string of the molecule is C[C@@H]1CCCN(C(=O)[C@H](c2ccccc2)N(C)S(C)(=O)=O)C1. The third-order valence-corrected chi connectivity index (χ3v) is 5.46. The van der Waals surface area contributed by atoms with Crippen LogP contribution in [0.1, 0.15) is 31.4 Å². The number of carbonyl (C=O) groups is 1. The number of rotatable bonds is 4. The summed E-state index contributed by atoms with van der Waals surface area (Å²) in [6, 6.07) is 8.32. The standard InChI is InChI=1S/C16H24N2O3S/c1-13-8-7-11-18(12-13)16(19)15(17(2)22(3,20)21)14-9-5-4-6-10-14/h4-6,9-10,13,15H,7-8,11-12H2,1-3H3/t13-,15+/m1/s1. The van der Waals surface area contributed by atoms with Gasteiger partial charge in [-0.3, -0.25) is 4.79 Å². The number of likely N-dealkylation sites (N-methyl/N-ethyl adjacent to an activating group) is 1. The molecular weight excluding hydrogens is 300 g/mol. The molecular formula is C16H24N2O3S. The number of amides is 1. The van der Waals surface area contributed by atoms with Gasteiger partial charge in [-0.25, -0.2) is 8.42 Å². The molecule has 0 aromatic heterocycles. The van der Waals surface area contributed by atoms with Crippen molar-refractivity contribution in [2.45, 2.75) is 25.8 Å². The van der Waals surface area contributed by atoms with Gasteiger partial charge in [-0.05, 0) is 24.3 Å². The molecule has 1 aromatic rings. The fraction of sp³-hybridized carbons (Fsp3) is 0.562. The van der Waals surface area contributed by atoms with Crippen LogP contribution < -0.4 is 0 Å². The van der Waals surface area contributed by atoms with Gasteiger partial charge in [0.25, 0.3) is 0 Å². The number of hydrogen-bond acceptors (Lipinski definition) is 3. The highest BCUT2D eigenvalue weighted by atomic mass is 32.2. The smallest absolute Gasteiger partial charge is 0.245 e. The van der Waals surface area contributed by atoms with Crippen LogP contribution >= 0.6 is 0 Å². The van der Waals surface area contributed by atoms with E-state index in [9.17, 15) is 13.2 Å². The number of hydrogen-bond donors (Lipinski definition) is 0. The Labute approximate surface area is 133 Å². The Morgan fingerprint density at radius 1 is 1.32 bits per heavy atom. The summed E-state index contributed by atoms with van der Waals surface area (Å²) in [5.41, 5.74) is 0.707. The van der Waals surface area contributed by atoms with Crippen LogP contribution in [0.25, 0.3) is 0 Å². The molecule has 0 aliphatic carbocycles. The van der Waals surface area contributed by atoms with Crippen molar-refractivity contribution in [3.63, 3.8) is 0 Å². The zero-order chi connectivity index (χ0) is 16.3. The topological polar surface area (TPSA) is 57.7 Å². The molecule has 1 amide bonds. The van der Waals surface area contributed by atoms with E-state index < -0.39 is 16.1 Å². The van der Waals surface area contributed by atoms with Crippen LogP contribution in [0.3, 0.4) is 0 Å². The molecule has 0 unspecified atom stereocenters. The third kappa shape index (κ3) is 3.87. The third-order valence-electron chi connectivity index (χ3n) is 4.20. The van der Waals surface area contributed by atoms with Crippen molar-refractivity contribution in [1.29, 1.82) is 0 Å². The van der Waals surface area contributed by atoms with E-state index in [0.717, 1.165) is 19.1 Å². The van der Waals surface area contributed by atoms with Gasteiger partial charge in [0.15, 0.2) is 0 Å². The highest BCUT2D eigenvalue weighted by molar-refractivity contribution is 7.88. The number of carbonyl (C=O) groups excluding carboxylic acids is 1.